The minimum atomic E-state index is -1.16. The Bertz CT molecular complexity index is 1070. The largest absolute Gasteiger partial charge is 0.477 e. The Kier molecular flexibility index (Phi) is 3.49. The van der Waals surface area contributed by atoms with Crippen molar-refractivity contribution in [2.75, 3.05) is 0 Å². The molecule has 4 heteroatoms. The maximum Gasteiger partial charge on any atom is 0.341 e. The Morgan fingerprint density at radius 1 is 1.12 bits per heavy atom. The molecule has 1 aromatic carbocycles. The number of aromatic carboxylic acids is 1. The zero-order valence-corrected chi connectivity index (χ0v) is 14.2. The van der Waals surface area contributed by atoms with Gasteiger partial charge in [-0.05, 0) is 72.6 Å². The number of rotatable bonds is 3. The van der Waals surface area contributed by atoms with Gasteiger partial charge in [0.2, 0.25) is 0 Å². The van der Waals surface area contributed by atoms with Crippen molar-refractivity contribution in [3.8, 4) is 11.1 Å². The summed E-state index contributed by atoms with van der Waals surface area (Å²) >= 11 is 0. The first kappa shape index (κ1) is 15.6. The molecule has 126 valence electrons. The second kappa shape index (κ2) is 5.59. The van der Waals surface area contributed by atoms with Gasteiger partial charge in [0.1, 0.15) is 5.56 Å². The third kappa shape index (κ3) is 2.45. The van der Waals surface area contributed by atoms with Crippen molar-refractivity contribution < 1.29 is 9.90 Å². The highest BCUT2D eigenvalue weighted by Crippen LogP contribution is 2.43. The molecule has 0 unspecified atom stereocenters. The maximum atomic E-state index is 12.6. The SMILES string of the molecule is Cc1ccccc1-c1ccn2c(=O)c(C(=O)O)cc(C3CC3)c2c1C. The molecule has 3 aromatic rings. The lowest BCUT2D eigenvalue weighted by molar-refractivity contribution is 0.0694. The molecule has 1 aliphatic carbocycles. The molecule has 1 N–H and O–H groups in total. The summed E-state index contributed by atoms with van der Waals surface area (Å²) in [5.74, 6) is -0.818. The van der Waals surface area contributed by atoms with Crippen molar-refractivity contribution in [2.24, 2.45) is 0 Å². The molecule has 0 spiro atoms. The summed E-state index contributed by atoms with van der Waals surface area (Å²) in [5.41, 5.74) is 5.64. The predicted molar refractivity (Wildman–Crippen MR) is 97.5 cm³/mol. The van der Waals surface area contributed by atoms with Gasteiger partial charge in [-0.2, -0.15) is 0 Å². The molecular weight excluding hydrogens is 314 g/mol. The van der Waals surface area contributed by atoms with Gasteiger partial charge in [0.05, 0.1) is 5.52 Å². The molecule has 0 aliphatic heterocycles. The van der Waals surface area contributed by atoms with Crippen LogP contribution in [0.3, 0.4) is 0 Å². The number of hydrogen-bond acceptors (Lipinski definition) is 2. The van der Waals surface area contributed by atoms with Gasteiger partial charge in [-0.3, -0.25) is 9.20 Å². The lowest BCUT2D eigenvalue weighted by Crippen LogP contribution is -2.23. The van der Waals surface area contributed by atoms with E-state index >= 15 is 0 Å². The van der Waals surface area contributed by atoms with Crippen LogP contribution < -0.4 is 5.56 Å². The Balaban J connectivity index is 2.09. The summed E-state index contributed by atoms with van der Waals surface area (Å²) in [7, 11) is 0. The highest BCUT2D eigenvalue weighted by Gasteiger charge is 2.29. The maximum absolute atomic E-state index is 12.6. The van der Waals surface area contributed by atoms with Gasteiger partial charge in [0, 0.05) is 6.20 Å². The van der Waals surface area contributed by atoms with Crippen LogP contribution >= 0.6 is 0 Å². The number of aromatic nitrogens is 1. The lowest BCUT2D eigenvalue weighted by Gasteiger charge is -2.16. The van der Waals surface area contributed by atoms with Crippen molar-refractivity contribution in [2.45, 2.75) is 32.6 Å². The van der Waals surface area contributed by atoms with Crippen LogP contribution in [-0.2, 0) is 0 Å². The Morgan fingerprint density at radius 3 is 2.48 bits per heavy atom. The normalized spacial score (nSPS) is 14.0. The number of carboxylic acid groups (broad SMARTS) is 1. The molecular formula is C21H19NO3. The molecule has 0 amide bonds. The molecule has 0 saturated heterocycles. The number of carboxylic acids is 1. The summed E-state index contributed by atoms with van der Waals surface area (Å²) in [4.78, 5) is 24.1. The number of fused-ring (bicyclic) bond motifs is 1. The molecule has 2 aromatic heterocycles. The van der Waals surface area contributed by atoms with Gasteiger partial charge in [-0.1, -0.05) is 24.3 Å². The van der Waals surface area contributed by atoms with E-state index in [0.717, 1.165) is 40.6 Å². The number of pyridine rings is 2. The van der Waals surface area contributed by atoms with E-state index in [-0.39, 0.29) is 5.56 Å². The number of benzene rings is 1. The molecule has 0 radical (unpaired) electrons. The van der Waals surface area contributed by atoms with Crippen LogP contribution in [0.4, 0.5) is 0 Å². The summed E-state index contributed by atoms with van der Waals surface area (Å²) in [5, 5.41) is 9.38. The average molecular weight is 333 g/mol. The van der Waals surface area contributed by atoms with E-state index in [1.165, 1.54) is 9.96 Å². The van der Waals surface area contributed by atoms with Crippen LogP contribution in [0.15, 0.2) is 47.4 Å². The molecule has 0 atom stereocenters. The number of nitrogens with zero attached hydrogens (tertiary/aromatic N) is 1. The quantitative estimate of drug-likeness (QED) is 0.783. The van der Waals surface area contributed by atoms with E-state index in [9.17, 15) is 14.7 Å². The molecule has 4 nitrogen and oxygen atoms in total. The van der Waals surface area contributed by atoms with Gasteiger partial charge in [0.25, 0.3) is 5.56 Å². The molecule has 1 saturated carbocycles. The Hall–Kier alpha value is -2.88. The fourth-order valence-corrected chi connectivity index (χ4v) is 3.62. The van der Waals surface area contributed by atoms with E-state index in [2.05, 4.69) is 19.1 Å². The molecule has 0 bridgehead atoms. The molecule has 4 rings (SSSR count). The molecule has 25 heavy (non-hydrogen) atoms. The fourth-order valence-electron chi connectivity index (χ4n) is 3.62. The second-order valence-electron chi connectivity index (χ2n) is 6.79. The van der Waals surface area contributed by atoms with Crippen LogP contribution in [0.2, 0.25) is 0 Å². The van der Waals surface area contributed by atoms with E-state index in [1.54, 1.807) is 12.3 Å². The van der Waals surface area contributed by atoms with E-state index in [4.69, 9.17) is 0 Å². The second-order valence-corrected chi connectivity index (χ2v) is 6.79. The number of aryl methyl sites for hydroxylation is 2. The summed E-state index contributed by atoms with van der Waals surface area (Å²) in [6.45, 7) is 4.09. The smallest absolute Gasteiger partial charge is 0.341 e. The van der Waals surface area contributed by atoms with Gasteiger partial charge >= 0.3 is 5.97 Å². The highest BCUT2D eigenvalue weighted by molar-refractivity contribution is 5.89. The summed E-state index contributed by atoms with van der Waals surface area (Å²) in [6, 6.07) is 11.7. The highest BCUT2D eigenvalue weighted by atomic mass is 16.4. The van der Waals surface area contributed by atoms with Crippen LogP contribution in [0.5, 0.6) is 0 Å². The Labute approximate surface area is 145 Å². The van der Waals surface area contributed by atoms with Crippen LogP contribution in [0.1, 0.15) is 45.8 Å². The predicted octanol–water partition coefficient (Wildman–Crippen LogP) is 4.16. The topological polar surface area (TPSA) is 58.8 Å². The standard InChI is InChI=1S/C21H19NO3/c1-12-5-3-4-6-15(12)16-9-10-22-19(13(16)2)17(14-7-8-14)11-18(20(22)23)21(24)25/h3-6,9-11,14H,7-8H2,1-2H3,(H,24,25). The van der Waals surface area contributed by atoms with Crippen LogP contribution in [-0.4, -0.2) is 15.5 Å². The van der Waals surface area contributed by atoms with Crippen LogP contribution in [0.25, 0.3) is 16.6 Å². The lowest BCUT2D eigenvalue weighted by atomic mass is 9.94. The van der Waals surface area contributed by atoms with Crippen molar-refractivity contribution in [1.29, 1.82) is 0 Å². The van der Waals surface area contributed by atoms with Gasteiger partial charge in [-0.25, -0.2) is 4.79 Å². The third-order valence-corrected chi connectivity index (χ3v) is 5.10. The van der Waals surface area contributed by atoms with Crippen molar-refractivity contribution in [3.05, 3.63) is 75.2 Å². The van der Waals surface area contributed by atoms with Crippen molar-refractivity contribution in [3.63, 3.8) is 0 Å². The first-order valence-corrected chi connectivity index (χ1v) is 8.47. The molecule has 1 aliphatic rings. The van der Waals surface area contributed by atoms with Gasteiger partial charge in [0.15, 0.2) is 0 Å². The third-order valence-electron chi connectivity index (χ3n) is 5.10. The first-order valence-electron chi connectivity index (χ1n) is 8.47. The average Bonchev–Trinajstić information content (AvgIpc) is 3.41. The minimum Gasteiger partial charge on any atom is -0.477 e. The number of carbonyl (C=O) groups is 1. The monoisotopic (exact) mass is 333 g/mol. The Morgan fingerprint density at radius 2 is 1.84 bits per heavy atom. The zero-order valence-electron chi connectivity index (χ0n) is 14.2. The minimum absolute atomic E-state index is 0.151. The zero-order chi connectivity index (χ0) is 17.7. The van der Waals surface area contributed by atoms with Crippen molar-refractivity contribution >= 4 is 11.5 Å². The van der Waals surface area contributed by atoms with Gasteiger partial charge in [-0.15, -0.1) is 0 Å². The number of hydrogen-bond donors (Lipinski definition) is 1. The van der Waals surface area contributed by atoms with E-state index < -0.39 is 11.5 Å². The van der Waals surface area contributed by atoms with Crippen molar-refractivity contribution in [1.82, 2.24) is 4.40 Å². The first-order chi connectivity index (χ1) is 12.0. The molecule has 1 fully saturated rings. The summed E-state index contributed by atoms with van der Waals surface area (Å²) < 4.78 is 1.51. The van der Waals surface area contributed by atoms with Gasteiger partial charge < -0.3 is 5.11 Å². The molecule has 2 heterocycles. The van der Waals surface area contributed by atoms with E-state index in [0.29, 0.717) is 5.92 Å². The van der Waals surface area contributed by atoms with Crippen LogP contribution in [0, 0.1) is 13.8 Å². The fraction of sp³-hybridized carbons (Fsp3) is 0.238. The summed E-state index contributed by atoms with van der Waals surface area (Å²) in [6.07, 6.45) is 3.80. The van der Waals surface area contributed by atoms with E-state index in [1.807, 2.05) is 25.1 Å².